The molecule has 156 valence electrons. The first-order valence-corrected chi connectivity index (χ1v) is 12.9. The number of aromatic nitrogens is 2. The highest BCUT2D eigenvalue weighted by Crippen LogP contribution is 2.35. The fourth-order valence-electron chi connectivity index (χ4n) is 4.63. The summed E-state index contributed by atoms with van der Waals surface area (Å²) in [5, 5.41) is 12.4. The van der Waals surface area contributed by atoms with Gasteiger partial charge in [0.05, 0.1) is 5.69 Å². The molecule has 0 amide bonds. The summed E-state index contributed by atoms with van der Waals surface area (Å²) in [6.07, 6.45) is 12.6. The molecule has 29 heavy (non-hydrogen) atoms. The van der Waals surface area contributed by atoms with E-state index in [1.54, 1.807) is 11.3 Å². The lowest BCUT2D eigenvalue weighted by Gasteiger charge is -2.25. The van der Waals surface area contributed by atoms with Gasteiger partial charge in [-0.1, -0.05) is 19.3 Å². The van der Waals surface area contributed by atoms with Crippen molar-refractivity contribution in [3.05, 3.63) is 22.7 Å². The van der Waals surface area contributed by atoms with Gasteiger partial charge in [-0.2, -0.15) is 0 Å². The van der Waals surface area contributed by atoms with Crippen LogP contribution in [0.25, 0.3) is 0 Å². The molecule has 2 aromatic rings. The molecule has 2 fully saturated rings. The van der Waals surface area contributed by atoms with Crippen molar-refractivity contribution in [2.24, 2.45) is 0 Å². The van der Waals surface area contributed by atoms with Crippen molar-refractivity contribution < 1.29 is 0 Å². The highest BCUT2D eigenvalue weighted by Gasteiger charge is 2.19. The summed E-state index contributed by atoms with van der Waals surface area (Å²) in [6.45, 7) is 2.26. The average molecular weight is 430 g/mol. The Hall–Kier alpha value is -1.31. The van der Waals surface area contributed by atoms with Crippen molar-refractivity contribution in [3.63, 3.8) is 0 Å². The second-order valence-corrected chi connectivity index (χ2v) is 10.9. The van der Waals surface area contributed by atoms with E-state index in [9.17, 15) is 0 Å². The number of thioether (sulfide) groups is 1. The van der Waals surface area contributed by atoms with Gasteiger partial charge in [0.1, 0.15) is 11.6 Å². The molecule has 1 saturated carbocycles. The maximum Gasteiger partial charge on any atom is 0.188 e. The van der Waals surface area contributed by atoms with Crippen LogP contribution in [-0.2, 0) is 12.8 Å². The van der Waals surface area contributed by atoms with Crippen LogP contribution in [0.4, 0.5) is 16.8 Å². The molecule has 0 aromatic carbocycles. The molecule has 5 rings (SSSR count). The Balaban J connectivity index is 1.35. The summed E-state index contributed by atoms with van der Waals surface area (Å²) >= 11 is 3.81. The van der Waals surface area contributed by atoms with E-state index in [0.717, 1.165) is 36.3 Å². The molecule has 1 saturated heterocycles. The van der Waals surface area contributed by atoms with Crippen LogP contribution < -0.4 is 16.0 Å². The number of fused-ring (bicyclic) bond motifs is 1. The predicted molar refractivity (Wildman–Crippen MR) is 124 cm³/mol. The molecule has 2 aliphatic carbocycles. The minimum absolute atomic E-state index is 0.562. The predicted octanol–water partition coefficient (Wildman–Crippen LogP) is 5.36. The lowest BCUT2D eigenvalue weighted by atomic mass is 9.95. The number of anilines is 3. The van der Waals surface area contributed by atoms with Gasteiger partial charge < -0.3 is 16.0 Å². The van der Waals surface area contributed by atoms with E-state index in [-0.39, 0.29) is 0 Å². The summed E-state index contributed by atoms with van der Waals surface area (Å²) in [5.74, 6) is 1.94. The van der Waals surface area contributed by atoms with Gasteiger partial charge in [0.2, 0.25) is 0 Å². The monoisotopic (exact) mass is 429 g/mol. The highest BCUT2D eigenvalue weighted by molar-refractivity contribution is 8.00. The summed E-state index contributed by atoms with van der Waals surface area (Å²) in [4.78, 5) is 12.5. The zero-order valence-electron chi connectivity index (χ0n) is 17.0. The molecule has 0 unspecified atom stereocenters. The van der Waals surface area contributed by atoms with Crippen molar-refractivity contribution >= 4 is 39.9 Å². The molecule has 3 N–H and O–H groups in total. The van der Waals surface area contributed by atoms with Crippen LogP contribution in [0.5, 0.6) is 0 Å². The third-order valence-corrected chi connectivity index (χ3v) is 8.56. The number of nitrogens with one attached hydrogen (secondary N) is 3. The molecule has 3 aliphatic rings. The quantitative estimate of drug-likeness (QED) is 0.575. The molecule has 1 aliphatic heterocycles. The summed E-state index contributed by atoms with van der Waals surface area (Å²) in [5.41, 5.74) is 1.29. The van der Waals surface area contributed by atoms with Crippen LogP contribution in [0.1, 0.15) is 61.9 Å². The van der Waals surface area contributed by atoms with E-state index >= 15 is 0 Å². The SMILES string of the molecule is c1c(SC2CCNCC2)cc(NC2CCCCC2)nc1Nc1nc2c(s1)CCC2. The smallest absolute Gasteiger partial charge is 0.188 e. The normalized spacial score (nSPS) is 20.6. The van der Waals surface area contributed by atoms with Gasteiger partial charge in [0.25, 0.3) is 0 Å². The molecule has 0 atom stereocenters. The number of aryl methyl sites for hydroxylation is 2. The number of rotatable bonds is 6. The van der Waals surface area contributed by atoms with Crippen molar-refractivity contribution in [3.8, 4) is 0 Å². The summed E-state index contributed by atoms with van der Waals surface area (Å²) in [7, 11) is 0. The van der Waals surface area contributed by atoms with E-state index < -0.39 is 0 Å². The molecule has 3 heterocycles. The third kappa shape index (κ3) is 5.06. The number of nitrogens with zero attached hydrogens (tertiary/aromatic N) is 2. The number of piperidine rings is 1. The van der Waals surface area contributed by atoms with E-state index in [1.165, 1.54) is 73.3 Å². The maximum absolute atomic E-state index is 4.92. The Kier molecular flexibility index (Phi) is 6.25. The van der Waals surface area contributed by atoms with Crippen LogP contribution in [0.2, 0.25) is 0 Å². The third-order valence-electron chi connectivity index (χ3n) is 6.18. The van der Waals surface area contributed by atoms with Gasteiger partial charge in [-0.05, 0) is 70.2 Å². The molecule has 5 nitrogen and oxygen atoms in total. The Morgan fingerprint density at radius 1 is 0.931 bits per heavy atom. The summed E-state index contributed by atoms with van der Waals surface area (Å²) in [6, 6.07) is 5.03. The molecular weight excluding hydrogens is 398 g/mol. The fourth-order valence-corrected chi connectivity index (χ4v) is 6.90. The standard InChI is InChI=1S/C22H31N5S2/c1-2-5-15(6-3-1)24-20-13-17(28-16-9-11-23-12-10-16)14-21(26-20)27-22-25-18-7-4-8-19(18)29-22/h13-16,23H,1-12H2,(H2,24,25,26,27). The van der Waals surface area contributed by atoms with E-state index in [2.05, 4.69) is 28.1 Å². The lowest BCUT2D eigenvalue weighted by Crippen LogP contribution is -2.29. The zero-order chi connectivity index (χ0) is 19.5. The van der Waals surface area contributed by atoms with Gasteiger partial charge in [-0.15, -0.1) is 23.1 Å². The van der Waals surface area contributed by atoms with Crippen molar-refractivity contribution in [2.75, 3.05) is 23.7 Å². The Labute approximate surface area is 181 Å². The van der Waals surface area contributed by atoms with Crippen LogP contribution in [0.15, 0.2) is 17.0 Å². The molecule has 0 radical (unpaired) electrons. The first kappa shape index (κ1) is 19.6. The Bertz CT molecular complexity index is 765. The van der Waals surface area contributed by atoms with Gasteiger partial charge in [-0.25, -0.2) is 9.97 Å². The van der Waals surface area contributed by atoms with Crippen LogP contribution in [0.3, 0.4) is 0 Å². The number of hydrogen-bond acceptors (Lipinski definition) is 7. The van der Waals surface area contributed by atoms with Gasteiger partial charge in [-0.3, -0.25) is 0 Å². The highest BCUT2D eigenvalue weighted by atomic mass is 32.2. The second kappa shape index (κ2) is 9.23. The molecular formula is C22H31N5S2. The Morgan fingerprint density at radius 3 is 2.59 bits per heavy atom. The number of hydrogen-bond donors (Lipinski definition) is 3. The topological polar surface area (TPSA) is 61.9 Å². The Morgan fingerprint density at radius 2 is 1.76 bits per heavy atom. The number of thiazole rings is 1. The summed E-state index contributed by atoms with van der Waals surface area (Å²) < 4.78 is 0. The van der Waals surface area contributed by atoms with Crippen molar-refractivity contribution in [2.45, 2.75) is 80.4 Å². The van der Waals surface area contributed by atoms with Crippen LogP contribution >= 0.6 is 23.1 Å². The first-order chi connectivity index (χ1) is 14.3. The number of pyridine rings is 1. The molecule has 2 aromatic heterocycles. The fraction of sp³-hybridized carbons (Fsp3) is 0.636. The van der Waals surface area contributed by atoms with Crippen molar-refractivity contribution in [1.29, 1.82) is 0 Å². The lowest BCUT2D eigenvalue weighted by molar-refractivity contribution is 0.462. The second-order valence-electron chi connectivity index (χ2n) is 8.49. The van der Waals surface area contributed by atoms with E-state index in [4.69, 9.17) is 9.97 Å². The van der Waals surface area contributed by atoms with Crippen LogP contribution in [-0.4, -0.2) is 34.3 Å². The molecule has 0 spiro atoms. The van der Waals surface area contributed by atoms with Crippen LogP contribution in [0, 0.1) is 0 Å². The van der Waals surface area contributed by atoms with Gasteiger partial charge in [0.15, 0.2) is 5.13 Å². The molecule has 0 bridgehead atoms. The van der Waals surface area contributed by atoms with Crippen molar-refractivity contribution in [1.82, 2.24) is 15.3 Å². The minimum atomic E-state index is 0.562. The van der Waals surface area contributed by atoms with Gasteiger partial charge in [0, 0.05) is 21.1 Å². The zero-order valence-corrected chi connectivity index (χ0v) is 18.6. The minimum Gasteiger partial charge on any atom is -0.367 e. The first-order valence-electron chi connectivity index (χ1n) is 11.2. The average Bonchev–Trinajstić information content (AvgIpc) is 3.31. The van der Waals surface area contributed by atoms with E-state index in [0.29, 0.717) is 11.3 Å². The largest absolute Gasteiger partial charge is 0.367 e. The molecule has 7 heteroatoms. The van der Waals surface area contributed by atoms with E-state index in [1.807, 2.05) is 11.8 Å². The van der Waals surface area contributed by atoms with Gasteiger partial charge >= 0.3 is 0 Å². The maximum atomic E-state index is 4.92.